The molecule has 2 fully saturated rings. The smallest absolute Gasteiger partial charge is 0.127 e. The van der Waals surface area contributed by atoms with Gasteiger partial charge >= 0.3 is 0 Å². The Kier molecular flexibility index (Phi) is 3.68. The fraction of sp³-hybridized carbons (Fsp3) is 0.625. The minimum atomic E-state index is -0.550. The van der Waals surface area contributed by atoms with Gasteiger partial charge in [0.2, 0.25) is 0 Å². The predicted molar refractivity (Wildman–Crippen MR) is 82.3 cm³/mol. The van der Waals surface area contributed by atoms with E-state index < -0.39 is 6.23 Å². The topological polar surface area (TPSA) is 32.7 Å². The highest BCUT2D eigenvalue weighted by Gasteiger charge is 2.66. The third kappa shape index (κ3) is 2.77. The molecule has 1 unspecified atom stereocenters. The number of likely N-dealkylation sites (tertiary alicyclic amines) is 1. The van der Waals surface area contributed by atoms with Crippen LogP contribution in [0, 0.1) is 11.7 Å². The highest BCUT2D eigenvalue weighted by atomic mass is 79.9. The Morgan fingerprint density at radius 1 is 1.48 bits per heavy atom. The van der Waals surface area contributed by atoms with Crippen molar-refractivity contribution in [1.82, 2.24) is 4.90 Å². The number of hydrogen-bond donors (Lipinski definition) is 1. The summed E-state index contributed by atoms with van der Waals surface area (Å²) in [5.41, 5.74) is 0.203. The molecule has 1 aromatic carbocycles. The van der Waals surface area contributed by atoms with Crippen molar-refractivity contribution in [3.63, 3.8) is 0 Å². The Hall–Kier alpha value is -0.490. The molecule has 1 saturated carbocycles. The average Bonchev–Trinajstić information content (AvgIpc) is 3.05. The Morgan fingerprint density at radius 3 is 2.86 bits per heavy atom. The van der Waals surface area contributed by atoms with Gasteiger partial charge in [-0.2, -0.15) is 0 Å². The molecule has 0 radical (unpaired) electrons. The second-order valence-electron chi connectivity index (χ2n) is 7.14. The van der Waals surface area contributed by atoms with E-state index in [4.69, 9.17) is 4.74 Å². The Labute approximate surface area is 133 Å². The van der Waals surface area contributed by atoms with E-state index in [0.717, 1.165) is 10.9 Å². The normalized spacial score (nSPS) is 32.3. The summed E-state index contributed by atoms with van der Waals surface area (Å²) < 4.78 is 20.8. The number of aliphatic hydroxyl groups is 1. The Balaban J connectivity index is 1.78. The maximum atomic E-state index is 14.2. The van der Waals surface area contributed by atoms with E-state index in [0.29, 0.717) is 18.8 Å². The predicted octanol–water partition coefficient (Wildman–Crippen LogP) is 3.25. The summed E-state index contributed by atoms with van der Waals surface area (Å²) in [6.45, 7) is 6.97. The van der Waals surface area contributed by atoms with E-state index in [1.54, 1.807) is 6.07 Å². The SMILES string of the molecule is CC(C)(C)OCN1C[C@@]2(c3cc(Br)ccc3F)C[C@H]2C1O. The number of ether oxygens (including phenoxy) is 1. The molecule has 0 amide bonds. The van der Waals surface area contributed by atoms with Crippen LogP contribution in [0.3, 0.4) is 0 Å². The van der Waals surface area contributed by atoms with E-state index in [1.807, 2.05) is 31.7 Å². The zero-order valence-corrected chi connectivity index (χ0v) is 14.2. The van der Waals surface area contributed by atoms with Gasteiger partial charge in [-0.1, -0.05) is 15.9 Å². The molecule has 1 saturated heterocycles. The molecule has 3 nitrogen and oxygen atoms in total. The largest absolute Gasteiger partial charge is 0.378 e. The summed E-state index contributed by atoms with van der Waals surface area (Å²) in [6, 6.07) is 5.04. The number of hydrogen-bond acceptors (Lipinski definition) is 3. The van der Waals surface area contributed by atoms with E-state index in [1.165, 1.54) is 6.07 Å². The van der Waals surface area contributed by atoms with E-state index in [-0.39, 0.29) is 22.8 Å². The second kappa shape index (κ2) is 5.01. The molecule has 2 aliphatic rings. The summed E-state index contributed by atoms with van der Waals surface area (Å²) in [7, 11) is 0. The maximum Gasteiger partial charge on any atom is 0.127 e. The molecule has 1 aliphatic heterocycles. The lowest BCUT2D eigenvalue weighted by Gasteiger charge is -2.28. The monoisotopic (exact) mass is 357 g/mol. The van der Waals surface area contributed by atoms with Gasteiger partial charge in [0.1, 0.15) is 18.8 Å². The zero-order valence-electron chi connectivity index (χ0n) is 12.6. The van der Waals surface area contributed by atoms with Crippen molar-refractivity contribution >= 4 is 15.9 Å². The first-order valence-corrected chi connectivity index (χ1v) is 8.04. The van der Waals surface area contributed by atoms with Crippen LogP contribution in [-0.4, -0.2) is 35.1 Å². The van der Waals surface area contributed by atoms with Gasteiger partial charge in [-0.25, -0.2) is 4.39 Å². The zero-order chi connectivity index (χ0) is 15.4. The number of halogens is 2. The second-order valence-corrected chi connectivity index (χ2v) is 8.05. The van der Waals surface area contributed by atoms with Crippen molar-refractivity contribution in [3.05, 3.63) is 34.1 Å². The van der Waals surface area contributed by atoms with Crippen LogP contribution in [0.4, 0.5) is 4.39 Å². The molecule has 0 aromatic heterocycles. The number of piperidine rings is 1. The first-order chi connectivity index (χ1) is 9.73. The number of nitrogens with zero attached hydrogens (tertiary/aromatic N) is 1. The fourth-order valence-electron chi connectivity index (χ4n) is 3.29. The van der Waals surface area contributed by atoms with Gasteiger partial charge in [0.15, 0.2) is 0 Å². The van der Waals surface area contributed by atoms with Crippen molar-refractivity contribution < 1.29 is 14.2 Å². The van der Waals surface area contributed by atoms with Crippen LogP contribution in [0.5, 0.6) is 0 Å². The minimum absolute atomic E-state index is 0.102. The van der Waals surface area contributed by atoms with E-state index >= 15 is 0 Å². The molecule has 21 heavy (non-hydrogen) atoms. The van der Waals surface area contributed by atoms with Crippen LogP contribution < -0.4 is 0 Å². The average molecular weight is 358 g/mol. The third-order valence-electron chi connectivity index (χ3n) is 4.48. The van der Waals surface area contributed by atoms with Crippen molar-refractivity contribution in [1.29, 1.82) is 0 Å². The van der Waals surface area contributed by atoms with Crippen molar-refractivity contribution in [2.24, 2.45) is 5.92 Å². The van der Waals surface area contributed by atoms with Crippen molar-refractivity contribution in [2.45, 2.75) is 44.4 Å². The summed E-state index contributed by atoms with van der Waals surface area (Å²) in [5.74, 6) is -0.0867. The van der Waals surface area contributed by atoms with Crippen LogP contribution >= 0.6 is 15.9 Å². The van der Waals surface area contributed by atoms with Crippen LogP contribution in [0.15, 0.2) is 22.7 Å². The van der Waals surface area contributed by atoms with Crippen LogP contribution in [0.1, 0.15) is 32.8 Å². The molecule has 1 heterocycles. The summed E-state index contributed by atoms with van der Waals surface area (Å²) in [6.07, 6.45) is 0.291. The maximum absolute atomic E-state index is 14.2. The fourth-order valence-corrected chi connectivity index (χ4v) is 3.65. The lowest BCUT2D eigenvalue weighted by atomic mass is 9.94. The quantitative estimate of drug-likeness (QED) is 0.901. The summed E-state index contributed by atoms with van der Waals surface area (Å²) >= 11 is 3.41. The molecule has 0 bridgehead atoms. The lowest BCUT2D eigenvalue weighted by Crippen LogP contribution is -2.38. The molecule has 3 atom stereocenters. The third-order valence-corrected chi connectivity index (χ3v) is 4.97. The van der Waals surface area contributed by atoms with Gasteiger partial charge in [-0.05, 0) is 51.0 Å². The van der Waals surface area contributed by atoms with Gasteiger partial charge in [0, 0.05) is 22.4 Å². The highest BCUT2D eigenvalue weighted by molar-refractivity contribution is 9.10. The van der Waals surface area contributed by atoms with Crippen molar-refractivity contribution in [3.8, 4) is 0 Å². The molecule has 1 aliphatic carbocycles. The van der Waals surface area contributed by atoms with Gasteiger partial charge in [-0.15, -0.1) is 0 Å². The first kappa shape index (κ1) is 15.4. The number of aliphatic hydroxyl groups excluding tert-OH is 1. The van der Waals surface area contributed by atoms with Crippen LogP contribution in [0.25, 0.3) is 0 Å². The molecular formula is C16H21BrFNO2. The standard InChI is InChI=1S/C16H21BrFNO2/c1-15(2,3)21-9-19-8-16(7-12(16)14(19)20)11-6-10(17)4-5-13(11)18/h4-6,12,14,20H,7-9H2,1-3H3/t12-,14?,16+/m0/s1. The summed E-state index contributed by atoms with van der Waals surface area (Å²) in [4.78, 5) is 1.90. The molecule has 3 rings (SSSR count). The van der Waals surface area contributed by atoms with Crippen LogP contribution in [-0.2, 0) is 10.2 Å². The molecular weight excluding hydrogens is 337 g/mol. The van der Waals surface area contributed by atoms with Gasteiger partial charge in [0.25, 0.3) is 0 Å². The summed E-state index contributed by atoms with van der Waals surface area (Å²) in [5, 5.41) is 10.4. The first-order valence-electron chi connectivity index (χ1n) is 7.25. The van der Waals surface area contributed by atoms with E-state index in [2.05, 4.69) is 15.9 Å². The molecule has 1 aromatic rings. The Morgan fingerprint density at radius 2 is 2.19 bits per heavy atom. The Bertz CT molecular complexity index is 560. The van der Waals surface area contributed by atoms with Crippen molar-refractivity contribution in [2.75, 3.05) is 13.3 Å². The lowest BCUT2D eigenvalue weighted by molar-refractivity contribution is -0.110. The van der Waals surface area contributed by atoms with Gasteiger partial charge in [0.05, 0.1) is 5.60 Å². The minimum Gasteiger partial charge on any atom is -0.378 e. The van der Waals surface area contributed by atoms with Crippen LogP contribution in [0.2, 0.25) is 0 Å². The van der Waals surface area contributed by atoms with Gasteiger partial charge in [-0.3, -0.25) is 4.90 Å². The number of rotatable bonds is 3. The molecule has 5 heteroatoms. The number of fused-ring (bicyclic) bond motifs is 1. The van der Waals surface area contributed by atoms with Gasteiger partial charge < -0.3 is 9.84 Å². The number of benzene rings is 1. The molecule has 1 N–H and O–H groups in total. The highest BCUT2D eigenvalue weighted by Crippen LogP contribution is 2.62. The molecule has 0 spiro atoms. The van der Waals surface area contributed by atoms with E-state index in [9.17, 15) is 9.50 Å². The molecule has 116 valence electrons.